The van der Waals surface area contributed by atoms with Crippen LogP contribution in [0.15, 0.2) is 0 Å². The summed E-state index contributed by atoms with van der Waals surface area (Å²) in [5.74, 6) is 0.672. The maximum atomic E-state index is 4.78. The summed E-state index contributed by atoms with van der Waals surface area (Å²) in [6.07, 6.45) is 2.25. The minimum Gasteiger partial charge on any atom is -0.351 e. The Hall–Kier alpha value is -0.610. The van der Waals surface area contributed by atoms with E-state index in [1.165, 1.54) is 10.6 Å². The average molecular weight is 255 g/mol. The van der Waals surface area contributed by atoms with Gasteiger partial charge in [-0.1, -0.05) is 27.2 Å². The second-order valence-corrected chi connectivity index (χ2v) is 5.98. The largest absolute Gasteiger partial charge is 0.351 e. The molecular weight excluding hydrogens is 230 g/mol. The molecule has 0 unspecified atom stereocenters. The molecule has 1 rings (SSSR count). The van der Waals surface area contributed by atoms with Gasteiger partial charge in [0, 0.05) is 25.0 Å². The van der Waals surface area contributed by atoms with Crippen LogP contribution in [-0.2, 0) is 13.0 Å². The first-order valence-electron chi connectivity index (χ1n) is 6.42. The molecule has 0 amide bonds. The zero-order chi connectivity index (χ0) is 12.8. The first-order chi connectivity index (χ1) is 8.08. The number of anilines is 1. The predicted octanol–water partition coefficient (Wildman–Crippen LogP) is 2.91. The number of hydrogen-bond donors (Lipinski definition) is 1. The van der Waals surface area contributed by atoms with Crippen LogP contribution >= 0.6 is 11.3 Å². The Morgan fingerprint density at radius 1 is 1.41 bits per heavy atom. The molecule has 98 valence electrons. The molecule has 4 heteroatoms. The van der Waals surface area contributed by atoms with Gasteiger partial charge in [-0.05, 0) is 19.4 Å². The lowest BCUT2D eigenvalue weighted by molar-refractivity contribution is 0.637. The van der Waals surface area contributed by atoms with E-state index in [4.69, 9.17) is 4.98 Å². The van der Waals surface area contributed by atoms with Crippen LogP contribution in [0.25, 0.3) is 0 Å². The molecule has 0 fully saturated rings. The van der Waals surface area contributed by atoms with Crippen molar-refractivity contribution in [2.45, 2.75) is 40.2 Å². The fourth-order valence-electron chi connectivity index (χ4n) is 1.89. The molecule has 0 aliphatic rings. The van der Waals surface area contributed by atoms with E-state index in [1.807, 2.05) is 18.4 Å². The topological polar surface area (TPSA) is 28.2 Å². The van der Waals surface area contributed by atoms with Crippen LogP contribution in [0.3, 0.4) is 0 Å². The monoisotopic (exact) mass is 255 g/mol. The van der Waals surface area contributed by atoms with E-state index >= 15 is 0 Å². The van der Waals surface area contributed by atoms with Gasteiger partial charge in [0.15, 0.2) is 5.13 Å². The van der Waals surface area contributed by atoms with Crippen LogP contribution in [-0.4, -0.2) is 25.6 Å². The third-order valence-electron chi connectivity index (χ3n) is 2.56. The lowest BCUT2D eigenvalue weighted by Crippen LogP contribution is -2.22. The van der Waals surface area contributed by atoms with Gasteiger partial charge in [-0.15, -0.1) is 11.3 Å². The molecular formula is C13H25N3S. The van der Waals surface area contributed by atoms with E-state index in [9.17, 15) is 0 Å². The maximum Gasteiger partial charge on any atom is 0.185 e. The molecule has 0 aromatic carbocycles. The number of hydrogen-bond acceptors (Lipinski definition) is 4. The Bertz CT molecular complexity index is 310. The normalized spacial score (nSPS) is 11.2. The molecule has 0 bridgehead atoms. The van der Waals surface area contributed by atoms with Crippen LogP contribution < -0.4 is 10.2 Å². The lowest BCUT2D eigenvalue weighted by Gasteiger charge is -2.17. The van der Waals surface area contributed by atoms with Gasteiger partial charge in [0.2, 0.25) is 0 Å². The first-order valence-corrected chi connectivity index (χ1v) is 7.24. The summed E-state index contributed by atoms with van der Waals surface area (Å²) in [6, 6.07) is 0. The molecule has 0 spiro atoms. The third-order valence-corrected chi connectivity index (χ3v) is 3.77. The average Bonchev–Trinajstić information content (AvgIpc) is 2.62. The molecule has 3 nitrogen and oxygen atoms in total. The van der Waals surface area contributed by atoms with E-state index in [2.05, 4.69) is 38.0 Å². The van der Waals surface area contributed by atoms with Crippen molar-refractivity contribution in [1.82, 2.24) is 10.3 Å². The van der Waals surface area contributed by atoms with Gasteiger partial charge in [-0.3, -0.25) is 0 Å². The smallest absolute Gasteiger partial charge is 0.185 e. The van der Waals surface area contributed by atoms with Crippen molar-refractivity contribution >= 4 is 16.5 Å². The number of aromatic nitrogens is 1. The fraction of sp³-hybridized carbons (Fsp3) is 0.769. The number of nitrogens with one attached hydrogen (secondary N) is 1. The van der Waals surface area contributed by atoms with E-state index in [0.29, 0.717) is 5.92 Å². The Labute approximate surface area is 109 Å². The maximum absolute atomic E-state index is 4.78. The molecule has 1 aromatic heterocycles. The molecule has 1 heterocycles. The van der Waals surface area contributed by atoms with Gasteiger partial charge in [0.1, 0.15) is 0 Å². The number of rotatable bonds is 7. The van der Waals surface area contributed by atoms with Gasteiger partial charge >= 0.3 is 0 Å². The highest BCUT2D eigenvalue weighted by atomic mass is 32.1. The molecule has 1 N–H and O–H groups in total. The number of aryl methyl sites for hydroxylation is 1. The summed E-state index contributed by atoms with van der Waals surface area (Å²) < 4.78 is 0. The van der Waals surface area contributed by atoms with E-state index < -0.39 is 0 Å². The van der Waals surface area contributed by atoms with Crippen molar-refractivity contribution in [1.29, 1.82) is 0 Å². The first kappa shape index (κ1) is 14.5. The van der Waals surface area contributed by atoms with Gasteiger partial charge < -0.3 is 10.2 Å². The van der Waals surface area contributed by atoms with Crippen molar-refractivity contribution in [3.8, 4) is 0 Å². The summed E-state index contributed by atoms with van der Waals surface area (Å²) in [6.45, 7) is 8.69. The van der Waals surface area contributed by atoms with E-state index in [1.54, 1.807) is 0 Å². The summed E-state index contributed by atoms with van der Waals surface area (Å²) in [4.78, 5) is 8.44. The molecule has 0 saturated carbocycles. The fourth-order valence-corrected chi connectivity index (χ4v) is 2.98. The van der Waals surface area contributed by atoms with Gasteiger partial charge in [0.05, 0.1) is 5.69 Å². The highest BCUT2D eigenvalue weighted by molar-refractivity contribution is 7.15. The minimum absolute atomic E-state index is 0.672. The Kier molecular flexibility index (Phi) is 5.92. The van der Waals surface area contributed by atoms with Crippen LogP contribution in [0.4, 0.5) is 5.13 Å². The summed E-state index contributed by atoms with van der Waals surface area (Å²) in [7, 11) is 4.13. The number of nitrogens with zero attached hydrogens (tertiary/aromatic N) is 2. The highest BCUT2D eigenvalue weighted by Gasteiger charge is 2.13. The zero-order valence-corrected chi connectivity index (χ0v) is 12.5. The summed E-state index contributed by atoms with van der Waals surface area (Å²) >= 11 is 1.83. The van der Waals surface area contributed by atoms with Crippen LogP contribution in [0, 0.1) is 5.92 Å². The van der Waals surface area contributed by atoms with Crippen LogP contribution in [0.2, 0.25) is 0 Å². The molecule has 0 aliphatic heterocycles. The van der Waals surface area contributed by atoms with Crippen molar-refractivity contribution < 1.29 is 0 Å². The standard InChI is InChI=1S/C13H25N3S/c1-6-7-11-12(8-14-4)17-13(15-11)16(5)9-10(2)3/h10,14H,6-9H2,1-5H3. The Morgan fingerprint density at radius 2 is 2.12 bits per heavy atom. The quantitative estimate of drug-likeness (QED) is 0.812. The minimum atomic E-state index is 0.672. The van der Waals surface area contributed by atoms with Crippen molar-refractivity contribution in [2.75, 3.05) is 25.5 Å². The van der Waals surface area contributed by atoms with Crippen LogP contribution in [0.5, 0.6) is 0 Å². The van der Waals surface area contributed by atoms with Crippen molar-refractivity contribution in [3.63, 3.8) is 0 Å². The highest BCUT2D eigenvalue weighted by Crippen LogP contribution is 2.27. The molecule has 0 radical (unpaired) electrons. The second kappa shape index (κ2) is 6.97. The summed E-state index contributed by atoms with van der Waals surface area (Å²) in [5, 5.41) is 4.39. The molecule has 1 aromatic rings. The van der Waals surface area contributed by atoms with Gasteiger partial charge in [0.25, 0.3) is 0 Å². The molecule has 0 aliphatic carbocycles. The second-order valence-electron chi connectivity index (χ2n) is 4.92. The van der Waals surface area contributed by atoms with Gasteiger partial charge in [-0.25, -0.2) is 4.98 Å². The van der Waals surface area contributed by atoms with Gasteiger partial charge in [-0.2, -0.15) is 0 Å². The van der Waals surface area contributed by atoms with E-state index in [-0.39, 0.29) is 0 Å². The predicted molar refractivity (Wildman–Crippen MR) is 77.0 cm³/mol. The van der Waals surface area contributed by atoms with Crippen molar-refractivity contribution in [3.05, 3.63) is 10.6 Å². The SMILES string of the molecule is CCCc1nc(N(C)CC(C)C)sc1CNC. The lowest BCUT2D eigenvalue weighted by atomic mass is 10.2. The van der Waals surface area contributed by atoms with Crippen LogP contribution in [0.1, 0.15) is 37.8 Å². The van der Waals surface area contributed by atoms with E-state index in [0.717, 1.165) is 31.1 Å². The third kappa shape index (κ3) is 4.28. The van der Waals surface area contributed by atoms with Crippen molar-refractivity contribution in [2.24, 2.45) is 5.92 Å². The molecule has 17 heavy (non-hydrogen) atoms. The molecule has 0 saturated heterocycles. The molecule has 0 atom stereocenters. The number of thiazole rings is 1. The Morgan fingerprint density at radius 3 is 2.65 bits per heavy atom. The summed E-state index contributed by atoms with van der Waals surface area (Å²) in [5.41, 5.74) is 1.28. The Balaban J connectivity index is 2.82. The zero-order valence-electron chi connectivity index (χ0n) is 11.7.